The van der Waals surface area contributed by atoms with Gasteiger partial charge >= 0.3 is 0 Å². The summed E-state index contributed by atoms with van der Waals surface area (Å²) < 4.78 is 0. The summed E-state index contributed by atoms with van der Waals surface area (Å²) in [5, 5.41) is 0.820. The number of rotatable bonds is 3. The molecular formula is C15H23ClN2. The first kappa shape index (κ1) is 13.9. The molecule has 3 heteroatoms. The first-order chi connectivity index (χ1) is 8.58. The molecule has 0 amide bonds. The average Bonchev–Trinajstić information content (AvgIpc) is 2.38. The van der Waals surface area contributed by atoms with Crippen LogP contribution in [0, 0.1) is 5.92 Å². The molecule has 1 aliphatic rings. The van der Waals surface area contributed by atoms with Gasteiger partial charge in [-0.3, -0.25) is 4.90 Å². The van der Waals surface area contributed by atoms with Gasteiger partial charge in [0, 0.05) is 23.7 Å². The van der Waals surface area contributed by atoms with Crippen molar-refractivity contribution in [3.63, 3.8) is 0 Å². The maximum atomic E-state index is 6.07. The van der Waals surface area contributed by atoms with E-state index in [-0.39, 0.29) is 0 Å². The second-order valence-corrected chi connectivity index (χ2v) is 5.92. The lowest BCUT2D eigenvalue weighted by atomic mass is 9.90. The van der Waals surface area contributed by atoms with Crippen LogP contribution in [0.1, 0.15) is 38.3 Å². The minimum absolute atomic E-state index is 0.291. The average molecular weight is 267 g/mol. The topological polar surface area (TPSA) is 29.3 Å². The Bertz CT molecular complexity index is 392. The van der Waals surface area contributed by atoms with Crippen LogP contribution in [0.5, 0.6) is 0 Å². The third-order valence-corrected chi connectivity index (χ3v) is 4.35. The van der Waals surface area contributed by atoms with Crippen LogP contribution in [0.15, 0.2) is 24.3 Å². The number of piperidine rings is 1. The Morgan fingerprint density at radius 1 is 1.39 bits per heavy atom. The minimum Gasteiger partial charge on any atom is -0.328 e. The van der Waals surface area contributed by atoms with Gasteiger partial charge in [0.2, 0.25) is 0 Å². The van der Waals surface area contributed by atoms with Crippen LogP contribution in [0.2, 0.25) is 5.02 Å². The van der Waals surface area contributed by atoms with Crippen molar-refractivity contribution in [3.8, 4) is 0 Å². The smallest absolute Gasteiger partial charge is 0.0409 e. The third-order valence-electron chi connectivity index (χ3n) is 4.11. The summed E-state index contributed by atoms with van der Waals surface area (Å²) in [5.41, 5.74) is 7.34. The molecule has 0 radical (unpaired) electrons. The minimum atomic E-state index is 0.291. The molecule has 18 heavy (non-hydrogen) atoms. The molecule has 3 unspecified atom stereocenters. The Labute approximate surface area is 115 Å². The van der Waals surface area contributed by atoms with E-state index < -0.39 is 0 Å². The molecule has 0 spiro atoms. The second-order valence-electron chi connectivity index (χ2n) is 5.49. The Kier molecular flexibility index (Phi) is 4.66. The zero-order valence-corrected chi connectivity index (χ0v) is 12.0. The van der Waals surface area contributed by atoms with Crippen molar-refractivity contribution in [1.29, 1.82) is 0 Å². The maximum Gasteiger partial charge on any atom is 0.0409 e. The zero-order valence-electron chi connectivity index (χ0n) is 11.3. The van der Waals surface area contributed by atoms with E-state index in [1.165, 1.54) is 18.4 Å². The fraction of sp³-hybridized carbons (Fsp3) is 0.600. The van der Waals surface area contributed by atoms with Gasteiger partial charge in [-0.05, 0) is 56.8 Å². The van der Waals surface area contributed by atoms with Crippen LogP contribution in [0.3, 0.4) is 0 Å². The quantitative estimate of drug-likeness (QED) is 0.908. The van der Waals surface area contributed by atoms with Crippen LogP contribution in [-0.4, -0.2) is 24.0 Å². The summed E-state index contributed by atoms with van der Waals surface area (Å²) >= 11 is 6.07. The van der Waals surface area contributed by atoms with Crippen molar-refractivity contribution in [2.75, 3.05) is 13.1 Å². The number of likely N-dealkylation sites (tertiary alicyclic amines) is 1. The number of benzene rings is 1. The Balaban J connectivity index is 2.06. The summed E-state index contributed by atoms with van der Waals surface area (Å²) in [7, 11) is 0. The SMILES string of the molecule is CC(N)C1CCCN(C(C)c2cccc(Cl)c2)C1. The largest absolute Gasteiger partial charge is 0.328 e. The molecule has 0 saturated carbocycles. The predicted molar refractivity (Wildman–Crippen MR) is 77.8 cm³/mol. The molecule has 2 nitrogen and oxygen atoms in total. The number of halogens is 1. The van der Waals surface area contributed by atoms with Crippen molar-refractivity contribution in [3.05, 3.63) is 34.9 Å². The molecule has 100 valence electrons. The van der Waals surface area contributed by atoms with E-state index in [2.05, 4.69) is 30.9 Å². The van der Waals surface area contributed by atoms with Gasteiger partial charge in [0.25, 0.3) is 0 Å². The number of nitrogens with zero attached hydrogens (tertiary/aromatic N) is 1. The van der Waals surface area contributed by atoms with Crippen molar-refractivity contribution >= 4 is 11.6 Å². The molecule has 0 bridgehead atoms. The second kappa shape index (κ2) is 6.05. The number of hydrogen-bond donors (Lipinski definition) is 1. The Morgan fingerprint density at radius 3 is 2.83 bits per heavy atom. The fourth-order valence-corrected chi connectivity index (χ4v) is 3.00. The lowest BCUT2D eigenvalue weighted by Crippen LogP contribution is -2.43. The summed E-state index contributed by atoms with van der Waals surface area (Å²) in [6.07, 6.45) is 2.51. The van der Waals surface area contributed by atoms with E-state index in [1.807, 2.05) is 12.1 Å². The molecule has 3 atom stereocenters. The fourth-order valence-electron chi connectivity index (χ4n) is 2.80. The van der Waals surface area contributed by atoms with Crippen molar-refractivity contribution < 1.29 is 0 Å². The highest BCUT2D eigenvalue weighted by Crippen LogP contribution is 2.28. The van der Waals surface area contributed by atoms with Crippen molar-refractivity contribution in [2.45, 2.75) is 38.8 Å². The van der Waals surface area contributed by atoms with Gasteiger partial charge in [0.05, 0.1) is 0 Å². The molecule has 1 heterocycles. The lowest BCUT2D eigenvalue weighted by molar-refractivity contribution is 0.121. The van der Waals surface area contributed by atoms with Crippen molar-refractivity contribution in [1.82, 2.24) is 4.90 Å². The van der Waals surface area contributed by atoms with E-state index in [9.17, 15) is 0 Å². The van der Waals surface area contributed by atoms with Gasteiger partial charge < -0.3 is 5.73 Å². The summed E-state index contributed by atoms with van der Waals surface area (Å²) in [6, 6.07) is 8.90. The van der Waals surface area contributed by atoms with Gasteiger partial charge in [-0.1, -0.05) is 23.7 Å². The monoisotopic (exact) mass is 266 g/mol. The van der Waals surface area contributed by atoms with Crippen molar-refractivity contribution in [2.24, 2.45) is 11.7 Å². The van der Waals surface area contributed by atoms with Gasteiger partial charge in [-0.25, -0.2) is 0 Å². The molecule has 1 aliphatic heterocycles. The van der Waals surface area contributed by atoms with Crippen LogP contribution in [-0.2, 0) is 0 Å². The molecule has 0 aliphatic carbocycles. The van der Waals surface area contributed by atoms with E-state index in [0.717, 1.165) is 18.1 Å². The van der Waals surface area contributed by atoms with E-state index in [1.54, 1.807) is 0 Å². The maximum absolute atomic E-state index is 6.07. The van der Waals surface area contributed by atoms with E-state index >= 15 is 0 Å². The van der Waals surface area contributed by atoms with Gasteiger partial charge in [0.15, 0.2) is 0 Å². The highest BCUT2D eigenvalue weighted by molar-refractivity contribution is 6.30. The highest BCUT2D eigenvalue weighted by atomic mass is 35.5. The van der Waals surface area contributed by atoms with E-state index in [0.29, 0.717) is 18.0 Å². The highest BCUT2D eigenvalue weighted by Gasteiger charge is 2.26. The molecule has 2 rings (SSSR count). The standard InChI is InChI=1S/C15H23ClN2/c1-11(17)14-6-4-8-18(10-14)12(2)13-5-3-7-15(16)9-13/h3,5,7,9,11-12,14H,4,6,8,10,17H2,1-2H3. The molecular weight excluding hydrogens is 244 g/mol. The third kappa shape index (κ3) is 3.25. The van der Waals surface area contributed by atoms with Crippen LogP contribution in [0.4, 0.5) is 0 Å². The molecule has 1 aromatic carbocycles. The molecule has 1 fully saturated rings. The Hall–Kier alpha value is -0.570. The van der Waals surface area contributed by atoms with Crippen LogP contribution in [0.25, 0.3) is 0 Å². The molecule has 1 saturated heterocycles. The summed E-state index contributed by atoms with van der Waals surface area (Å²) in [4.78, 5) is 2.53. The van der Waals surface area contributed by atoms with Gasteiger partial charge in [-0.15, -0.1) is 0 Å². The summed E-state index contributed by atoms with van der Waals surface area (Å²) in [5.74, 6) is 0.625. The number of hydrogen-bond acceptors (Lipinski definition) is 2. The Morgan fingerprint density at radius 2 is 2.17 bits per heavy atom. The summed E-state index contributed by atoms with van der Waals surface area (Å²) in [6.45, 7) is 6.65. The molecule has 0 aromatic heterocycles. The normalized spacial score (nSPS) is 24.8. The van der Waals surface area contributed by atoms with Crippen LogP contribution < -0.4 is 5.73 Å². The van der Waals surface area contributed by atoms with Gasteiger partial charge in [0.1, 0.15) is 0 Å². The first-order valence-corrected chi connectivity index (χ1v) is 7.21. The zero-order chi connectivity index (χ0) is 13.1. The molecule has 2 N–H and O–H groups in total. The van der Waals surface area contributed by atoms with Crippen LogP contribution >= 0.6 is 11.6 Å². The lowest BCUT2D eigenvalue weighted by Gasteiger charge is -2.38. The van der Waals surface area contributed by atoms with E-state index in [4.69, 9.17) is 17.3 Å². The number of nitrogens with two attached hydrogens (primary N) is 1. The molecule has 1 aromatic rings. The van der Waals surface area contributed by atoms with Gasteiger partial charge in [-0.2, -0.15) is 0 Å². The first-order valence-electron chi connectivity index (χ1n) is 6.83. The predicted octanol–water partition coefficient (Wildman–Crippen LogP) is 3.46.